The summed E-state index contributed by atoms with van der Waals surface area (Å²) in [6.07, 6.45) is 0. The minimum Gasteiger partial charge on any atom is -0.497 e. The molecule has 7 heteroatoms. The number of ether oxygens (including phenoxy) is 1. The molecule has 6 nitrogen and oxygen atoms in total. The summed E-state index contributed by atoms with van der Waals surface area (Å²) in [5.74, 6) is 1.40. The van der Waals surface area contributed by atoms with Crippen molar-refractivity contribution in [3.8, 4) is 28.3 Å². The fourth-order valence-corrected chi connectivity index (χ4v) is 3.91. The van der Waals surface area contributed by atoms with Crippen LogP contribution in [0.5, 0.6) is 5.75 Å². The van der Waals surface area contributed by atoms with Crippen molar-refractivity contribution in [2.24, 2.45) is 0 Å². The van der Waals surface area contributed by atoms with Crippen LogP contribution in [-0.2, 0) is 10.0 Å². The van der Waals surface area contributed by atoms with E-state index >= 15 is 0 Å². The van der Waals surface area contributed by atoms with E-state index in [2.05, 4.69) is 9.88 Å². The van der Waals surface area contributed by atoms with Gasteiger partial charge in [-0.1, -0.05) is 35.5 Å². The van der Waals surface area contributed by atoms with E-state index in [0.29, 0.717) is 17.1 Å². The Kier molecular flexibility index (Phi) is 5.05. The van der Waals surface area contributed by atoms with Gasteiger partial charge in [0.05, 0.1) is 12.0 Å². The van der Waals surface area contributed by atoms with Crippen molar-refractivity contribution >= 4 is 15.7 Å². The van der Waals surface area contributed by atoms with Crippen molar-refractivity contribution in [1.29, 1.82) is 0 Å². The molecular formula is C22H18N2O4S. The van der Waals surface area contributed by atoms with Gasteiger partial charge in [0, 0.05) is 22.9 Å². The Morgan fingerprint density at radius 3 is 2.17 bits per heavy atom. The molecule has 0 bridgehead atoms. The minimum absolute atomic E-state index is 0.213. The van der Waals surface area contributed by atoms with E-state index in [1.807, 2.05) is 30.3 Å². The molecule has 1 heterocycles. The average molecular weight is 406 g/mol. The highest BCUT2D eigenvalue weighted by molar-refractivity contribution is 7.92. The Bertz CT molecular complexity index is 1200. The lowest BCUT2D eigenvalue weighted by molar-refractivity contribution is 0.414. The molecule has 0 unspecified atom stereocenters. The minimum atomic E-state index is -3.62. The van der Waals surface area contributed by atoms with Gasteiger partial charge in [0.2, 0.25) is 0 Å². The van der Waals surface area contributed by atoms with Crippen molar-refractivity contribution in [2.45, 2.75) is 4.90 Å². The van der Waals surface area contributed by atoms with Crippen LogP contribution in [0, 0.1) is 0 Å². The average Bonchev–Trinajstić information content (AvgIpc) is 3.25. The molecule has 1 aromatic heterocycles. The molecule has 4 rings (SSSR count). The van der Waals surface area contributed by atoms with E-state index in [1.54, 1.807) is 61.7 Å². The predicted octanol–water partition coefficient (Wildman–Crippen LogP) is 4.82. The number of rotatable bonds is 6. The summed E-state index contributed by atoms with van der Waals surface area (Å²) in [5.41, 5.74) is 2.83. The van der Waals surface area contributed by atoms with Gasteiger partial charge in [-0.15, -0.1) is 0 Å². The molecule has 0 saturated heterocycles. The van der Waals surface area contributed by atoms with Crippen molar-refractivity contribution in [3.63, 3.8) is 0 Å². The number of methoxy groups -OCH3 is 1. The third-order valence-electron chi connectivity index (χ3n) is 4.37. The van der Waals surface area contributed by atoms with Crippen molar-refractivity contribution < 1.29 is 17.7 Å². The van der Waals surface area contributed by atoms with E-state index in [0.717, 1.165) is 16.9 Å². The van der Waals surface area contributed by atoms with E-state index in [9.17, 15) is 8.42 Å². The molecule has 0 amide bonds. The van der Waals surface area contributed by atoms with E-state index in [1.165, 1.54) is 0 Å². The zero-order valence-electron chi connectivity index (χ0n) is 15.6. The van der Waals surface area contributed by atoms with Crippen LogP contribution in [0.25, 0.3) is 22.6 Å². The van der Waals surface area contributed by atoms with Crippen LogP contribution in [0.1, 0.15) is 0 Å². The molecule has 0 aliphatic heterocycles. The largest absolute Gasteiger partial charge is 0.497 e. The van der Waals surface area contributed by atoms with Crippen molar-refractivity contribution in [1.82, 2.24) is 5.16 Å². The van der Waals surface area contributed by atoms with Gasteiger partial charge in [0.15, 0.2) is 5.76 Å². The Morgan fingerprint density at radius 2 is 1.52 bits per heavy atom. The molecule has 4 aromatic rings. The van der Waals surface area contributed by atoms with Gasteiger partial charge in [0.1, 0.15) is 11.4 Å². The second-order valence-corrected chi connectivity index (χ2v) is 7.98. The highest BCUT2D eigenvalue weighted by Crippen LogP contribution is 2.28. The van der Waals surface area contributed by atoms with Gasteiger partial charge >= 0.3 is 0 Å². The third kappa shape index (κ3) is 4.14. The highest BCUT2D eigenvalue weighted by atomic mass is 32.2. The van der Waals surface area contributed by atoms with Crippen LogP contribution in [0.4, 0.5) is 5.69 Å². The SMILES string of the molecule is COc1ccc(-c2cc(-c3ccc(NS(=O)(=O)c4ccccc4)cc3)no2)cc1. The quantitative estimate of drug-likeness (QED) is 0.497. The van der Waals surface area contributed by atoms with E-state index in [4.69, 9.17) is 9.26 Å². The normalized spacial score (nSPS) is 11.2. The molecule has 0 spiro atoms. The van der Waals surface area contributed by atoms with Crippen molar-refractivity contribution in [2.75, 3.05) is 11.8 Å². The Morgan fingerprint density at radius 1 is 0.862 bits per heavy atom. The van der Waals surface area contributed by atoms with Gasteiger partial charge < -0.3 is 9.26 Å². The monoisotopic (exact) mass is 406 g/mol. The summed E-state index contributed by atoms with van der Waals surface area (Å²) in [6.45, 7) is 0. The van der Waals surface area contributed by atoms with Crippen LogP contribution < -0.4 is 9.46 Å². The highest BCUT2D eigenvalue weighted by Gasteiger charge is 2.14. The van der Waals surface area contributed by atoms with Crippen LogP contribution in [0.2, 0.25) is 0 Å². The second kappa shape index (κ2) is 7.81. The Labute approximate surface area is 168 Å². The van der Waals surface area contributed by atoms with Crippen LogP contribution in [-0.4, -0.2) is 20.7 Å². The van der Waals surface area contributed by atoms with Crippen molar-refractivity contribution in [3.05, 3.63) is 84.9 Å². The summed E-state index contributed by atoms with van der Waals surface area (Å²) in [5, 5.41) is 4.11. The zero-order valence-corrected chi connectivity index (χ0v) is 16.4. The lowest BCUT2D eigenvalue weighted by atomic mass is 10.1. The molecule has 146 valence electrons. The standard InChI is InChI=1S/C22H18N2O4S/c1-27-19-13-9-17(10-14-19)22-15-21(23-28-22)16-7-11-18(12-8-16)24-29(25,26)20-5-3-2-4-6-20/h2-15,24H,1H3. The van der Waals surface area contributed by atoms with Crippen LogP contribution in [0.3, 0.4) is 0 Å². The zero-order chi connectivity index (χ0) is 20.3. The fraction of sp³-hybridized carbons (Fsp3) is 0.0455. The number of nitrogens with zero attached hydrogens (tertiary/aromatic N) is 1. The van der Waals surface area contributed by atoms with Gasteiger partial charge in [-0.3, -0.25) is 4.72 Å². The molecule has 0 saturated carbocycles. The molecule has 29 heavy (non-hydrogen) atoms. The summed E-state index contributed by atoms with van der Waals surface area (Å²) >= 11 is 0. The first-order valence-corrected chi connectivity index (χ1v) is 10.3. The number of benzene rings is 3. The number of hydrogen-bond acceptors (Lipinski definition) is 5. The topological polar surface area (TPSA) is 81.4 Å². The summed E-state index contributed by atoms with van der Waals surface area (Å²) in [4.78, 5) is 0.213. The lowest BCUT2D eigenvalue weighted by Gasteiger charge is -2.08. The summed E-state index contributed by atoms with van der Waals surface area (Å²) < 4.78 is 38.0. The van der Waals surface area contributed by atoms with E-state index in [-0.39, 0.29) is 4.90 Å². The maximum Gasteiger partial charge on any atom is 0.261 e. The molecule has 0 radical (unpaired) electrons. The Balaban J connectivity index is 1.52. The molecule has 0 fully saturated rings. The number of anilines is 1. The molecule has 1 N–H and O–H groups in total. The first-order chi connectivity index (χ1) is 14.0. The second-order valence-electron chi connectivity index (χ2n) is 6.30. The number of aromatic nitrogens is 1. The number of hydrogen-bond donors (Lipinski definition) is 1. The van der Waals surface area contributed by atoms with Gasteiger partial charge in [-0.25, -0.2) is 8.42 Å². The van der Waals surface area contributed by atoms with Crippen LogP contribution >= 0.6 is 0 Å². The van der Waals surface area contributed by atoms with Gasteiger partial charge in [0.25, 0.3) is 10.0 Å². The molecule has 0 aliphatic rings. The Hall–Kier alpha value is -3.58. The molecule has 0 atom stereocenters. The van der Waals surface area contributed by atoms with Gasteiger partial charge in [-0.05, 0) is 48.5 Å². The molecular weight excluding hydrogens is 388 g/mol. The first kappa shape index (κ1) is 18.8. The number of sulfonamides is 1. The molecule has 3 aromatic carbocycles. The smallest absolute Gasteiger partial charge is 0.261 e. The maximum atomic E-state index is 12.4. The predicted molar refractivity (Wildman–Crippen MR) is 111 cm³/mol. The maximum absolute atomic E-state index is 12.4. The summed E-state index contributed by atoms with van der Waals surface area (Å²) in [6, 6.07) is 24.5. The number of nitrogens with one attached hydrogen (secondary N) is 1. The first-order valence-electron chi connectivity index (χ1n) is 8.85. The lowest BCUT2D eigenvalue weighted by Crippen LogP contribution is -2.12. The van der Waals surface area contributed by atoms with Crippen LogP contribution in [0.15, 0.2) is 94.3 Å². The fourth-order valence-electron chi connectivity index (χ4n) is 2.83. The molecule has 0 aliphatic carbocycles. The van der Waals surface area contributed by atoms with Gasteiger partial charge in [-0.2, -0.15) is 0 Å². The summed E-state index contributed by atoms with van der Waals surface area (Å²) in [7, 11) is -2.01. The third-order valence-corrected chi connectivity index (χ3v) is 5.77. The van der Waals surface area contributed by atoms with E-state index < -0.39 is 10.0 Å².